The van der Waals surface area contributed by atoms with Crippen molar-refractivity contribution in [3.05, 3.63) is 58.8 Å². The number of imidazole rings is 1. The van der Waals surface area contributed by atoms with E-state index in [1.807, 2.05) is 24.5 Å². The van der Waals surface area contributed by atoms with Crippen molar-refractivity contribution < 1.29 is 9.84 Å². The zero-order valence-corrected chi connectivity index (χ0v) is 15.9. The van der Waals surface area contributed by atoms with Crippen LogP contribution < -0.4 is 15.6 Å². The molecule has 3 heterocycles. The third-order valence-corrected chi connectivity index (χ3v) is 4.68. The minimum Gasteiger partial charge on any atom is -0.493 e. The first kappa shape index (κ1) is 18.0. The molecule has 2 N–H and O–H groups in total. The zero-order valence-electron chi connectivity index (χ0n) is 15.9. The zero-order chi connectivity index (χ0) is 19.8. The summed E-state index contributed by atoms with van der Waals surface area (Å²) >= 11 is 0. The maximum absolute atomic E-state index is 12.8. The molecule has 0 saturated heterocycles. The van der Waals surface area contributed by atoms with Crippen LogP contribution in [0, 0.1) is 0 Å². The molecule has 0 radical (unpaired) electrons. The van der Waals surface area contributed by atoms with E-state index in [1.165, 1.54) is 11.5 Å². The van der Waals surface area contributed by atoms with Crippen LogP contribution in [0.4, 0.5) is 11.5 Å². The van der Waals surface area contributed by atoms with E-state index >= 15 is 0 Å². The number of fused-ring (bicyclic) bond motifs is 2. The van der Waals surface area contributed by atoms with Gasteiger partial charge in [-0.25, -0.2) is 9.97 Å². The predicted molar refractivity (Wildman–Crippen MR) is 107 cm³/mol. The maximum Gasteiger partial charge on any atom is 0.265 e. The average molecular weight is 379 g/mol. The molecule has 8 nitrogen and oxygen atoms in total. The maximum atomic E-state index is 12.8. The van der Waals surface area contributed by atoms with E-state index in [0.29, 0.717) is 17.2 Å². The molecular formula is C20H21N5O3. The quantitative estimate of drug-likeness (QED) is 0.554. The van der Waals surface area contributed by atoms with Crippen LogP contribution in [0.25, 0.3) is 16.7 Å². The van der Waals surface area contributed by atoms with E-state index in [-0.39, 0.29) is 17.2 Å². The van der Waals surface area contributed by atoms with Gasteiger partial charge in [-0.15, -0.1) is 0 Å². The van der Waals surface area contributed by atoms with E-state index in [2.05, 4.69) is 33.7 Å². The van der Waals surface area contributed by atoms with E-state index in [0.717, 1.165) is 16.7 Å². The van der Waals surface area contributed by atoms with Crippen LogP contribution in [0.2, 0.25) is 0 Å². The highest BCUT2D eigenvalue weighted by molar-refractivity contribution is 5.81. The average Bonchev–Trinajstić information content (AvgIpc) is 3.11. The lowest BCUT2D eigenvalue weighted by Gasteiger charge is -2.14. The van der Waals surface area contributed by atoms with Gasteiger partial charge in [0, 0.05) is 17.9 Å². The summed E-state index contributed by atoms with van der Waals surface area (Å²) in [7, 11) is 1.52. The van der Waals surface area contributed by atoms with Crippen molar-refractivity contribution in [2.75, 3.05) is 12.4 Å². The second kappa shape index (κ2) is 6.97. The number of nitrogens with one attached hydrogen (secondary N) is 1. The molecule has 0 fully saturated rings. The Morgan fingerprint density at radius 2 is 2.11 bits per heavy atom. The van der Waals surface area contributed by atoms with E-state index in [4.69, 9.17) is 4.74 Å². The highest BCUT2D eigenvalue weighted by Crippen LogP contribution is 2.25. The summed E-state index contributed by atoms with van der Waals surface area (Å²) in [4.78, 5) is 21.8. The van der Waals surface area contributed by atoms with Crippen molar-refractivity contribution in [2.45, 2.75) is 26.5 Å². The smallest absolute Gasteiger partial charge is 0.265 e. The minimum absolute atomic E-state index is 0.184. The first-order valence-corrected chi connectivity index (χ1v) is 8.96. The van der Waals surface area contributed by atoms with Crippen LogP contribution in [-0.2, 0) is 6.61 Å². The first-order chi connectivity index (χ1) is 13.5. The van der Waals surface area contributed by atoms with Gasteiger partial charge in [-0.3, -0.25) is 9.20 Å². The number of aromatic nitrogens is 4. The molecule has 4 aromatic rings. The fourth-order valence-corrected chi connectivity index (χ4v) is 3.23. The summed E-state index contributed by atoms with van der Waals surface area (Å²) in [5, 5.41) is 13.0. The Bertz CT molecular complexity index is 1230. The van der Waals surface area contributed by atoms with Crippen molar-refractivity contribution in [3.8, 4) is 5.75 Å². The molecule has 28 heavy (non-hydrogen) atoms. The van der Waals surface area contributed by atoms with Crippen molar-refractivity contribution in [2.24, 2.45) is 0 Å². The summed E-state index contributed by atoms with van der Waals surface area (Å²) in [6, 6.07) is 9.42. The van der Waals surface area contributed by atoms with Crippen LogP contribution in [0.5, 0.6) is 5.75 Å². The number of aliphatic hydroxyl groups is 1. The number of anilines is 2. The molecule has 0 atom stereocenters. The van der Waals surface area contributed by atoms with Crippen molar-refractivity contribution >= 4 is 28.2 Å². The molecule has 4 rings (SSSR count). The van der Waals surface area contributed by atoms with Crippen molar-refractivity contribution in [1.82, 2.24) is 18.9 Å². The van der Waals surface area contributed by atoms with Gasteiger partial charge in [0.2, 0.25) is 0 Å². The van der Waals surface area contributed by atoms with Gasteiger partial charge < -0.3 is 19.7 Å². The molecule has 8 heteroatoms. The summed E-state index contributed by atoms with van der Waals surface area (Å²) in [5.74, 6) is 0.771. The normalized spacial score (nSPS) is 11.5. The summed E-state index contributed by atoms with van der Waals surface area (Å²) in [6.45, 7) is 3.74. The number of hydrogen-bond donors (Lipinski definition) is 2. The third kappa shape index (κ3) is 2.87. The van der Waals surface area contributed by atoms with E-state index in [1.54, 1.807) is 18.3 Å². The highest BCUT2D eigenvalue weighted by Gasteiger charge is 2.15. The Kier molecular flexibility index (Phi) is 4.48. The van der Waals surface area contributed by atoms with Crippen LogP contribution in [0.15, 0.2) is 47.7 Å². The largest absolute Gasteiger partial charge is 0.493 e. The van der Waals surface area contributed by atoms with Gasteiger partial charge in [-0.05, 0) is 44.2 Å². The van der Waals surface area contributed by atoms with Gasteiger partial charge in [0.05, 0.1) is 36.6 Å². The molecule has 0 saturated carbocycles. The van der Waals surface area contributed by atoms with Crippen LogP contribution in [-0.4, -0.2) is 31.2 Å². The van der Waals surface area contributed by atoms with Crippen LogP contribution in [0.1, 0.15) is 25.5 Å². The molecular weight excluding hydrogens is 358 g/mol. The van der Waals surface area contributed by atoms with Crippen LogP contribution in [0.3, 0.4) is 0 Å². The molecule has 0 aliphatic rings. The molecule has 0 aliphatic carbocycles. The van der Waals surface area contributed by atoms with Crippen molar-refractivity contribution in [1.29, 1.82) is 0 Å². The van der Waals surface area contributed by atoms with Gasteiger partial charge in [-0.1, -0.05) is 0 Å². The number of hydrogen-bond acceptors (Lipinski definition) is 6. The fourth-order valence-electron chi connectivity index (χ4n) is 3.23. The Morgan fingerprint density at radius 1 is 1.29 bits per heavy atom. The number of methoxy groups -OCH3 is 1. The lowest BCUT2D eigenvalue weighted by molar-refractivity contribution is 0.280. The lowest BCUT2D eigenvalue weighted by atomic mass is 10.2. The second-order valence-electron chi connectivity index (χ2n) is 6.75. The molecule has 0 unspecified atom stereocenters. The fraction of sp³-hybridized carbons (Fsp3) is 0.250. The van der Waals surface area contributed by atoms with Gasteiger partial charge in [-0.2, -0.15) is 0 Å². The van der Waals surface area contributed by atoms with E-state index in [9.17, 15) is 9.90 Å². The summed E-state index contributed by atoms with van der Waals surface area (Å²) in [6.07, 6.45) is 3.41. The predicted octanol–water partition coefficient (Wildman–Crippen LogP) is 2.87. The SMILES string of the molecule is COc1cccn2c(=O)c(CO)c(Nc3ccc4ncn(C(C)C)c4c3)nc12. The van der Waals surface area contributed by atoms with Gasteiger partial charge in [0.1, 0.15) is 5.82 Å². The first-order valence-electron chi connectivity index (χ1n) is 8.96. The van der Waals surface area contributed by atoms with Gasteiger partial charge in [0.15, 0.2) is 11.4 Å². The number of aliphatic hydroxyl groups excluding tert-OH is 1. The lowest BCUT2D eigenvalue weighted by Crippen LogP contribution is -2.22. The Hall–Kier alpha value is -3.39. The Labute approximate surface area is 161 Å². The molecule has 0 spiro atoms. The third-order valence-electron chi connectivity index (χ3n) is 4.68. The number of nitrogens with zero attached hydrogens (tertiary/aromatic N) is 4. The molecule has 0 bridgehead atoms. The second-order valence-corrected chi connectivity index (χ2v) is 6.75. The number of benzene rings is 1. The Morgan fingerprint density at radius 3 is 2.82 bits per heavy atom. The van der Waals surface area contributed by atoms with Gasteiger partial charge >= 0.3 is 0 Å². The number of rotatable bonds is 5. The minimum atomic E-state index is -0.430. The number of pyridine rings is 1. The highest BCUT2D eigenvalue weighted by atomic mass is 16.5. The van der Waals surface area contributed by atoms with Crippen LogP contribution >= 0.6 is 0 Å². The van der Waals surface area contributed by atoms with E-state index < -0.39 is 6.61 Å². The molecule has 1 aromatic carbocycles. The number of ether oxygens (including phenoxy) is 1. The molecule has 144 valence electrons. The Balaban J connectivity index is 1.86. The van der Waals surface area contributed by atoms with Crippen molar-refractivity contribution in [3.63, 3.8) is 0 Å². The summed E-state index contributed by atoms with van der Waals surface area (Å²) in [5.41, 5.74) is 2.82. The summed E-state index contributed by atoms with van der Waals surface area (Å²) < 4.78 is 8.76. The topological polar surface area (TPSA) is 93.7 Å². The molecule has 0 amide bonds. The standard InChI is InChI=1S/C20H21N5O3/c1-12(2)25-11-21-15-7-6-13(9-16(15)25)22-18-14(10-26)20(27)24-8-4-5-17(28-3)19(24)23-18/h4-9,11-12,22,26H,10H2,1-3H3. The molecule has 3 aromatic heterocycles. The monoisotopic (exact) mass is 379 g/mol. The van der Waals surface area contributed by atoms with Gasteiger partial charge in [0.25, 0.3) is 5.56 Å². The molecule has 0 aliphatic heterocycles.